The Morgan fingerprint density at radius 3 is 1.59 bits per heavy atom. The predicted octanol–water partition coefficient (Wildman–Crippen LogP) is 18.7. The van der Waals surface area contributed by atoms with E-state index < -0.39 is 0 Å². The van der Waals surface area contributed by atoms with Gasteiger partial charge < -0.3 is 9.47 Å². The van der Waals surface area contributed by atoms with Gasteiger partial charge in [-0.25, -0.2) is 0 Å². The molecule has 10 aromatic rings. The number of hydrogen-bond donors (Lipinski definition) is 0. The minimum atomic E-state index is -0.210. The van der Waals surface area contributed by atoms with E-state index in [1.54, 1.807) is 0 Å². The van der Waals surface area contributed by atoms with E-state index in [2.05, 4.69) is 255 Å². The van der Waals surface area contributed by atoms with Gasteiger partial charge >= 0.3 is 0 Å². The third kappa shape index (κ3) is 7.06. The Bertz CT molecular complexity index is 3620. The number of aromatic nitrogens is 1. The van der Waals surface area contributed by atoms with Gasteiger partial charge in [-0.3, -0.25) is 0 Å². The Labute approximate surface area is 407 Å². The first-order valence-corrected chi connectivity index (χ1v) is 24.9. The first-order valence-electron chi connectivity index (χ1n) is 23.3. The molecule has 1 aliphatic carbocycles. The van der Waals surface area contributed by atoms with Crippen LogP contribution in [0.15, 0.2) is 251 Å². The number of hydrogen-bond acceptors (Lipinski definition) is 3. The first-order chi connectivity index (χ1) is 33.4. The lowest BCUT2D eigenvalue weighted by Crippen LogP contribution is -2.17. The van der Waals surface area contributed by atoms with Crippen molar-refractivity contribution in [1.29, 1.82) is 0 Å². The average Bonchev–Trinajstić information content (AvgIpc) is 3.84. The molecular weight excluding hydrogens is 861 g/mol. The van der Waals surface area contributed by atoms with E-state index >= 15 is 0 Å². The summed E-state index contributed by atoms with van der Waals surface area (Å²) in [5.74, 6) is 0. The highest BCUT2D eigenvalue weighted by Gasteiger charge is 2.40. The van der Waals surface area contributed by atoms with E-state index in [1.807, 2.05) is 29.6 Å². The molecule has 9 aromatic carbocycles. The zero-order chi connectivity index (χ0) is 45.9. The van der Waals surface area contributed by atoms with Crippen LogP contribution < -0.4 is 4.90 Å². The number of allylic oxidation sites excluding steroid dienone is 3. The zero-order valence-corrected chi connectivity index (χ0v) is 39.9. The number of anilines is 3. The van der Waals surface area contributed by atoms with Crippen molar-refractivity contribution < 1.29 is 0 Å². The molecule has 1 aliphatic heterocycles. The van der Waals surface area contributed by atoms with E-state index in [0.29, 0.717) is 0 Å². The van der Waals surface area contributed by atoms with Crippen LogP contribution in [0.25, 0.3) is 72.0 Å². The molecule has 0 spiro atoms. The summed E-state index contributed by atoms with van der Waals surface area (Å²) >= 11 is 3.69. The summed E-state index contributed by atoms with van der Waals surface area (Å²) < 4.78 is 2.51. The Morgan fingerprint density at radius 2 is 0.985 bits per heavy atom. The summed E-state index contributed by atoms with van der Waals surface area (Å²) in [5.41, 5.74) is 19.4. The summed E-state index contributed by atoms with van der Waals surface area (Å²) in [5, 5.41) is 2.56. The molecule has 12 rings (SSSR count). The predicted molar refractivity (Wildman–Crippen MR) is 293 cm³/mol. The molecule has 0 saturated carbocycles. The number of fused-ring (bicyclic) bond motifs is 8. The summed E-state index contributed by atoms with van der Waals surface area (Å²) in [4.78, 5) is 7.41. The van der Waals surface area contributed by atoms with E-state index in [4.69, 9.17) is 0 Å². The number of benzene rings is 9. The second-order valence-corrected chi connectivity index (χ2v) is 20.3. The van der Waals surface area contributed by atoms with E-state index in [-0.39, 0.29) is 5.41 Å². The summed E-state index contributed by atoms with van der Waals surface area (Å²) in [6.45, 7) is 11.1. The molecule has 2 nitrogen and oxygen atoms in total. The third-order valence-electron chi connectivity index (χ3n) is 13.7. The topological polar surface area (TPSA) is 8.17 Å². The lowest BCUT2D eigenvalue weighted by molar-refractivity contribution is 0.661. The van der Waals surface area contributed by atoms with Gasteiger partial charge in [-0.1, -0.05) is 202 Å². The first kappa shape index (κ1) is 41.9. The van der Waals surface area contributed by atoms with Crippen LogP contribution in [-0.2, 0) is 5.41 Å². The summed E-state index contributed by atoms with van der Waals surface area (Å²) in [7, 11) is 0. The Morgan fingerprint density at radius 1 is 0.485 bits per heavy atom. The van der Waals surface area contributed by atoms with Crippen LogP contribution in [0.3, 0.4) is 0 Å². The quantitative estimate of drug-likeness (QED) is 0.143. The fourth-order valence-electron chi connectivity index (χ4n) is 10.4. The van der Waals surface area contributed by atoms with Gasteiger partial charge in [0.1, 0.15) is 0 Å². The smallest absolute Gasteiger partial charge is 0.0588 e. The number of nitrogens with zero attached hydrogens (tertiary/aromatic N) is 2. The van der Waals surface area contributed by atoms with Gasteiger partial charge in [0.05, 0.1) is 11.0 Å². The van der Waals surface area contributed by atoms with Crippen molar-refractivity contribution in [2.24, 2.45) is 0 Å². The highest BCUT2D eigenvalue weighted by molar-refractivity contribution is 8.09. The van der Waals surface area contributed by atoms with Crippen molar-refractivity contribution >= 4 is 62.4 Å². The van der Waals surface area contributed by atoms with Crippen LogP contribution in [0.5, 0.6) is 0 Å². The zero-order valence-electron chi connectivity index (χ0n) is 38.3. The van der Waals surface area contributed by atoms with Crippen LogP contribution in [0, 0.1) is 0 Å². The second-order valence-electron chi connectivity index (χ2n) is 18.1. The van der Waals surface area contributed by atoms with E-state index in [0.717, 1.165) is 22.7 Å². The third-order valence-corrected chi connectivity index (χ3v) is 16.3. The lowest BCUT2D eigenvalue weighted by Gasteiger charge is -2.26. The van der Waals surface area contributed by atoms with Crippen LogP contribution in [-0.4, -0.2) is 4.57 Å². The normalized spacial score (nSPS) is 13.8. The molecule has 68 heavy (non-hydrogen) atoms. The van der Waals surface area contributed by atoms with Crippen molar-refractivity contribution in [3.63, 3.8) is 0 Å². The highest BCUT2D eigenvalue weighted by atomic mass is 32.2. The lowest BCUT2D eigenvalue weighted by atomic mass is 9.81. The molecule has 0 amide bonds. The molecule has 0 bridgehead atoms. The van der Waals surface area contributed by atoms with Gasteiger partial charge in [0, 0.05) is 58.5 Å². The van der Waals surface area contributed by atoms with Crippen molar-refractivity contribution in [2.75, 3.05) is 4.90 Å². The molecule has 0 fully saturated rings. The van der Waals surface area contributed by atoms with Crippen molar-refractivity contribution in [1.82, 2.24) is 4.57 Å². The van der Waals surface area contributed by atoms with Gasteiger partial charge in [-0.15, -0.1) is 0 Å². The minimum Gasteiger partial charge on any atom is -0.311 e. The van der Waals surface area contributed by atoms with Gasteiger partial charge in [-0.2, -0.15) is 0 Å². The number of thioether (sulfide) groups is 2. The van der Waals surface area contributed by atoms with Crippen LogP contribution in [0.2, 0.25) is 0 Å². The Balaban J connectivity index is 0.849. The van der Waals surface area contributed by atoms with Gasteiger partial charge in [0.15, 0.2) is 0 Å². The monoisotopic (exact) mass is 908 g/mol. The van der Waals surface area contributed by atoms with E-state index in [1.165, 1.54) is 97.0 Å². The van der Waals surface area contributed by atoms with Crippen molar-refractivity contribution in [2.45, 2.75) is 36.0 Å². The largest absolute Gasteiger partial charge is 0.311 e. The standard InChI is InChI=1S/C64H48N2S2/c1-5-15-59-58(6-2)67-60-40-55-53-38-39-54-52-20-13-14-21-57(52)66(63(54)62(53)64(3,4)56(55)41-61(60)68-59)51-36-30-47(31-37-51)44-24-22-43(23-25-44)46-28-34-50(35-29-46)65(48-18-11-8-12-19-48)49-32-26-45(27-33-49)42-16-9-7-10-17-42/h5-41H,2H2,1,3-4H3/b15-5-. The molecule has 2 aliphatic rings. The molecule has 0 atom stereocenters. The summed E-state index contributed by atoms with van der Waals surface area (Å²) in [6, 6.07) is 75.6. The number of rotatable bonds is 9. The van der Waals surface area contributed by atoms with Crippen LogP contribution >= 0.6 is 23.5 Å². The molecule has 326 valence electrons. The molecule has 0 radical (unpaired) electrons. The van der Waals surface area contributed by atoms with Crippen molar-refractivity contribution in [3.05, 3.63) is 252 Å². The summed E-state index contributed by atoms with van der Waals surface area (Å²) in [6.07, 6.45) is 6.33. The maximum atomic E-state index is 4.15. The molecule has 0 saturated heterocycles. The molecule has 0 unspecified atom stereocenters. The van der Waals surface area contributed by atoms with E-state index in [9.17, 15) is 0 Å². The molecular formula is C64H48N2S2. The highest BCUT2D eigenvalue weighted by Crippen LogP contribution is 2.57. The number of para-hydroxylation sites is 2. The molecule has 0 N–H and O–H groups in total. The molecule has 1 aromatic heterocycles. The minimum absolute atomic E-state index is 0.210. The average molecular weight is 909 g/mol. The molecule has 2 heterocycles. The van der Waals surface area contributed by atoms with Crippen LogP contribution in [0.1, 0.15) is 31.9 Å². The van der Waals surface area contributed by atoms with Crippen molar-refractivity contribution in [3.8, 4) is 50.2 Å². The van der Waals surface area contributed by atoms with Gasteiger partial charge in [-0.05, 0) is 129 Å². The fraction of sp³-hybridized carbons (Fsp3) is 0.0625. The van der Waals surface area contributed by atoms with Gasteiger partial charge in [0.2, 0.25) is 0 Å². The second kappa shape index (κ2) is 17.0. The SMILES string of the molecule is C=CC1=C(/C=C\C)Sc2cc3c(cc2S1)-c1ccc2c4ccccc4n(-c4ccc(-c5ccc(-c6ccc(N(c7ccccc7)c7ccc(-c8ccccc8)cc7)cc6)cc5)cc4)c2c1C3(C)C. The maximum Gasteiger partial charge on any atom is 0.0588 e. The Kier molecular flexibility index (Phi) is 10.5. The fourth-order valence-corrected chi connectivity index (χ4v) is 12.7. The Hall–Kier alpha value is -7.50. The molecule has 4 heteroatoms. The van der Waals surface area contributed by atoms with Crippen LogP contribution in [0.4, 0.5) is 17.1 Å². The maximum absolute atomic E-state index is 4.15. The van der Waals surface area contributed by atoms with Gasteiger partial charge in [0.25, 0.3) is 0 Å².